The molecule has 3 nitrogen and oxygen atoms in total. The van der Waals surface area contributed by atoms with Crippen LogP contribution in [-0.2, 0) is 18.3 Å². The molecule has 1 aromatic rings. The lowest BCUT2D eigenvalue weighted by Crippen LogP contribution is -2.06. The van der Waals surface area contributed by atoms with Gasteiger partial charge in [0.2, 0.25) is 0 Å². The van der Waals surface area contributed by atoms with Gasteiger partial charge in [0.25, 0.3) is 0 Å². The summed E-state index contributed by atoms with van der Waals surface area (Å²) >= 11 is 0. The van der Waals surface area contributed by atoms with Crippen LogP contribution in [0.2, 0.25) is 0 Å². The topological polar surface area (TPSA) is 34.9 Å². The Morgan fingerprint density at radius 1 is 1.44 bits per heavy atom. The van der Waals surface area contributed by atoms with E-state index < -0.39 is 0 Å². The number of hydrogen-bond donors (Lipinski definition) is 0. The summed E-state index contributed by atoms with van der Waals surface area (Å²) in [5.74, 6) is 2.31. The molecule has 1 heterocycles. The van der Waals surface area contributed by atoms with Crippen molar-refractivity contribution in [1.82, 2.24) is 9.78 Å². The number of carbonyl (C=O) groups is 1. The van der Waals surface area contributed by atoms with E-state index in [9.17, 15) is 4.79 Å². The van der Waals surface area contributed by atoms with E-state index in [2.05, 4.69) is 5.10 Å². The molecule has 0 aliphatic heterocycles. The van der Waals surface area contributed by atoms with E-state index in [1.807, 2.05) is 19.4 Å². The van der Waals surface area contributed by atoms with E-state index in [4.69, 9.17) is 0 Å². The molecule has 0 aromatic carbocycles. The van der Waals surface area contributed by atoms with Crippen molar-refractivity contribution in [2.75, 3.05) is 0 Å². The van der Waals surface area contributed by atoms with Gasteiger partial charge in [0, 0.05) is 25.6 Å². The van der Waals surface area contributed by atoms with Crippen molar-refractivity contribution in [3.8, 4) is 0 Å². The van der Waals surface area contributed by atoms with Crippen LogP contribution < -0.4 is 0 Å². The van der Waals surface area contributed by atoms with Crippen LogP contribution in [0.4, 0.5) is 0 Å². The summed E-state index contributed by atoms with van der Waals surface area (Å²) in [4.78, 5) is 12.1. The van der Waals surface area contributed by atoms with Gasteiger partial charge in [-0.2, -0.15) is 5.10 Å². The first-order valence-electron chi connectivity index (χ1n) is 6.26. The van der Waals surface area contributed by atoms with E-state index >= 15 is 0 Å². The number of rotatable bonds is 3. The highest BCUT2D eigenvalue weighted by atomic mass is 16.1. The van der Waals surface area contributed by atoms with Crippen molar-refractivity contribution in [2.24, 2.45) is 24.8 Å². The van der Waals surface area contributed by atoms with Crippen molar-refractivity contribution in [1.29, 1.82) is 0 Å². The zero-order chi connectivity index (χ0) is 11.1. The monoisotopic (exact) mass is 218 g/mol. The number of aromatic nitrogens is 2. The second-order valence-electron chi connectivity index (χ2n) is 5.30. The average molecular weight is 218 g/mol. The summed E-state index contributed by atoms with van der Waals surface area (Å²) in [7, 11) is 1.89. The van der Waals surface area contributed by atoms with Gasteiger partial charge in [-0.3, -0.25) is 9.48 Å². The fraction of sp³-hybridized carbons (Fsp3) is 0.692. The van der Waals surface area contributed by atoms with Gasteiger partial charge in [-0.1, -0.05) is 12.8 Å². The van der Waals surface area contributed by atoms with Crippen LogP contribution in [0.1, 0.15) is 31.2 Å². The summed E-state index contributed by atoms with van der Waals surface area (Å²) in [5.41, 5.74) is 1.07. The Bertz CT molecular complexity index is 398. The fourth-order valence-electron chi connectivity index (χ4n) is 3.35. The van der Waals surface area contributed by atoms with Crippen LogP contribution >= 0.6 is 0 Å². The van der Waals surface area contributed by atoms with Crippen molar-refractivity contribution >= 4 is 5.78 Å². The van der Waals surface area contributed by atoms with Gasteiger partial charge in [0.1, 0.15) is 5.78 Å². The molecule has 0 radical (unpaired) electrons. The van der Waals surface area contributed by atoms with Crippen LogP contribution in [0.3, 0.4) is 0 Å². The van der Waals surface area contributed by atoms with Gasteiger partial charge in [0.15, 0.2) is 0 Å². The molecule has 0 amide bonds. The number of fused-ring (bicyclic) bond motifs is 1. The highest BCUT2D eigenvalue weighted by molar-refractivity contribution is 5.86. The zero-order valence-electron chi connectivity index (χ0n) is 9.72. The molecular weight excluding hydrogens is 200 g/mol. The number of hydrogen-bond acceptors (Lipinski definition) is 2. The van der Waals surface area contributed by atoms with Gasteiger partial charge < -0.3 is 0 Å². The Hall–Kier alpha value is -1.12. The Labute approximate surface area is 95.8 Å². The quantitative estimate of drug-likeness (QED) is 0.777. The number of aryl methyl sites for hydroxylation is 1. The van der Waals surface area contributed by atoms with Crippen molar-refractivity contribution < 1.29 is 4.79 Å². The maximum atomic E-state index is 12.1. The molecule has 0 bridgehead atoms. The third-order valence-corrected chi connectivity index (χ3v) is 4.17. The number of carbonyl (C=O) groups excluding carboxylic acids is 1. The number of ketones is 1. The van der Waals surface area contributed by atoms with E-state index in [1.165, 1.54) is 25.7 Å². The van der Waals surface area contributed by atoms with Crippen LogP contribution in [-0.4, -0.2) is 15.6 Å². The van der Waals surface area contributed by atoms with Gasteiger partial charge >= 0.3 is 0 Å². The molecule has 2 atom stereocenters. The van der Waals surface area contributed by atoms with Crippen LogP contribution in [0.15, 0.2) is 12.4 Å². The largest absolute Gasteiger partial charge is 0.299 e. The van der Waals surface area contributed by atoms with Crippen LogP contribution in [0.25, 0.3) is 0 Å². The number of nitrogens with zero attached hydrogens (tertiary/aromatic N) is 2. The maximum Gasteiger partial charge on any atom is 0.141 e. The maximum absolute atomic E-state index is 12.1. The van der Waals surface area contributed by atoms with Crippen molar-refractivity contribution in [3.05, 3.63) is 18.0 Å². The molecule has 2 unspecified atom stereocenters. The van der Waals surface area contributed by atoms with Gasteiger partial charge in [0.05, 0.1) is 6.20 Å². The lowest BCUT2D eigenvalue weighted by molar-refractivity contribution is -0.120. The second kappa shape index (κ2) is 3.72. The summed E-state index contributed by atoms with van der Waals surface area (Å²) in [6.45, 7) is 0. The molecule has 0 saturated heterocycles. The highest BCUT2D eigenvalue weighted by Crippen LogP contribution is 2.55. The summed E-state index contributed by atoms with van der Waals surface area (Å²) in [6.07, 6.45) is 9.58. The van der Waals surface area contributed by atoms with Crippen LogP contribution in [0.5, 0.6) is 0 Å². The lowest BCUT2D eigenvalue weighted by atomic mass is 10.0. The molecule has 0 N–H and O–H groups in total. The Balaban J connectivity index is 1.62. The van der Waals surface area contributed by atoms with E-state index in [0.717, 1.165) is 17.4 Å². The minimum absolute atomic E-state index is 0.391. The smallest absolute Gasteiger partial charge is 0.141 e. The SMILES string of the molecule is Cn1cc(CC(=O)C2C3CCCCC32)cn1. The van der Waals surface area contributed by atoms with Gasteiger partial charge in [-0.25, -0.2) is 0 Å². The first-order chi connectivity index (χ1) is 7.75. The average Bonchev–Trinajstić information content (AvgIpc) is 2.88. The van der Waals surface area contributed by atoms with E-state index in [0.29, 0.717) is 18.1 Å². The van der Waals surface area contributed by atoms with Crippen molar-refractivity contribution in [2.45, 2.75) is 32.1 Å². The molecule has 2 fully saturated rings. The molecule has 0 spiro atoms. The molecule has 2 saturated carbocycles. The first-order valence-corrected chi connectivity index (χ1v) is 6.26. The Morgan fingerprint density at radius 2 is 2.12 bits per heavy atom. The summed E-state index contributed by atoms with van der Waals surface area (Å²) < 4.78 is 1.77. The Morgan fingerprint density at radius 3 is 2.69 bits per heavy atom. The standard InChI is InChI=1S/C13H18N2O/c1-15-8-9(7-14-15)6-12(16)13-10-4-2-3-5-11(10)13/h7-8,10-11,13H,2-6H2,1H3. The van der Waals surface area contributed by atoms with Gasteiger partial charge in [-0.15, -0.1) is 0 Å². The minimum atomic E-state index is 0.391. The molecule has 3 heteroatoms. The summed E-state index contributed by atoms with van der Waals surface area (Å²) in [6, 6.07) is 0. The lowest BCUT2D eigenvalue weighted by Gasteiger charge is -2.04. The molecule has 16 heavy (non-hydrogen) atoms. The van der Waals surface area contributed by atoms with Gasteiger partial charge in [-0.05, 0) is 30.2 Å². The van der Waals surface area contributed by atoms with Crippen LogP contribution in [0, 0.1) is 17.8 Å². The molecule has 1 aromatic heterocycles. The molecule has 86 valence electrons. The van der Waals surface area contributed by atoms with E-state index in [-0.39, 0.29) is 0 Å². The molecule has 2 aliphatic carbocycles. The third kappa shape index (κ3) is 1.68. The van der Waals surface area contributed by atoms with E-state index in [1.54, 1.807) is 4.68 Å². The fourth-order valence-corrected chi connectivity index (χ4v) is 3.35. The Kier molecular flexibility index (Phi) is 2.34. The highest BCUT2D eigenvalue weighted by Gasteiger charge is 2.53. The second-order valence-corrected chi connectivity index (χ2v) is 5.30. The minimum Gasteiger partial charge on any atom is -0.299 e. The zero-order valence-corrected chi connectivity index (χ0v) is 9.72. The first kappa shape index (κ1) is 10.1. The molecular formula is C13H18N2O. The molecule has 2 aliphatic rings. The predicted molar refractivity (Wildman–Crippen MR) is 60.9 cm³/mol. The van der Waals surface area contributed by atoms with Crippen molar-refractivity contribution in [3.63, 3.8) is 0 Å². The third-order valence-electron chi connectivity index (χ3n) is 4.17. The molecule has 3 rings (SSSR count). The predicted octanol–water partition coefficient (Wildman–Crippen LogP) is 1.97. The normalized spacial score (nSPS) is 32.2. The summed E-state index contributed by atoms with van der Waals surface area (Å²) in [5, 5.41) is 4.10. The number of Topliss-reactive ketones (excluding diaryl/α,β-unsaturated/α-hetero) is 1.